The number of sulfone groups is 1. The maximum atomic E-state index is 11.3. The van der Waals surface area contributed by atoms with Gasteiger partial charge in [0, 0.05) is 31.0 Å². The van der Waals surface area contributed by atoms with Gasteiger partial charge in [-0.1, -0.05) is 0 Å². The number of nitrogens with zero attached hydrogens (tertiary/aromatic N) is 3. The quantitative estimate of drug-likeness (QED) is 0.723. The Balaban J connectivity index is 3.00. The van der Waals surface area contributed by atoms with Crippen LogP contribution in [0.1, 0.15) is 5.69 Å². The van der Waals surface area contributed by atoms with E-state index in [2.05, 4.69) is 9.97 Å². The molecule has 1 rings (SSSR count). The summed E-state index contributed by atoms with van der Waals surface area (Å²) in [6, 6.07) is 1.60. The number of anilines is 1. The first-order valence-corrected chi connectivity index (χ1v) is 6.66. The van der Waals surface area contributed by atoms with Gasteiger partial charge in [0.2, 0.25) is 15.0 Å². The van der Waals surface area contributed by atoms with Gasteiger partial charge in [0.25, 0.3) is 0 Å². The summed E-state index contributed by atoms with van der Waals surface area (Å²) in [5.41, 5.74) is 6.17. The summed E-state index contributed by atoms with van der Waals surface area (Å²) in [6.45, 7) is 0.777. The van der Waals surface area contributed by atoms with Gasteiger partial charge in [-0.15, -0.1) is 0 Å². The Kier molecular flexibility index (Phi) is 3.82. The van der Waals surface area contributed by atoms with Gasteiger partial charge in [-0.3, -0.25) is 0 Å². The molecular weight excluding hydrogens is 228 g/mol. The van der Waals surface area contributed by atoms with E-state index in [4.69, 9.17) is 5.73 Å². The molecular formula is C9H16N4O2S. The van der Waals surface area contributed by atoms with E-state index in [1.54, 1.807) is 6.07 Å². The Hall–Kier alpha value is -1.21. The van der Waals surface area contributed by atoms with Crippen LogP contribution in [-0.4, -0.2) is 50.2 Å². The third-order valence-corrected chi connectivity index (χ3v) is 2.77. The van der Waals surface area contributed by atoms with Crippen molar-refractivity contribution in [1.29, 1.82) is 0 Å². The second kappa shape index (κ2) is 4.75. The van der Waals surface area contributed by atoms with Crippen LogP contribution in [-0.2, 0) is 16.3 Å². The molecule has 0 spiro atoms. The van der Waals surface area contributed by atoms with Crippen LogP contribution in [0.25, 0.3) is 0 Å². The van der Waals surface area contributed by atoms with Crippen LogP contribution in [0, 0.1) is 0 Å². The fraction of sp³-hybridized carbons (Fsp3) is 0.556. The molecule has 7 heteroatoms. The average molecular weight is 244 g/mol. The highest BCUT2D eigenvalue weighted by Crippen LogP contribution is 2.08. The van der Waals surface area contributed by atoms with Crippen molar-refractivity contribution in [1.82, 2.24) is 14.9 Å². The summed E-state index contributed by atoms with van der Waals surface area (Å²) in [5, 5.41) is -0.207. The van der Waals surface area contributed by atoms with Crippen molar-refractivity contribution in [3.63, 3.8) is 0 Å². The molecule has 0 aromatic carbocycles. The lowest BCUT2D eigenvalue weighted by molar-refractivity contribution is 0.411. The van der Waals surface area contributed by atoms with E-state index >= 15 is 0 Å². The number of aromatic nitrogens is 2. The first-order valence-electron chi connectivity index (χ1n) is 4.77. The van der Waals surface area contributed by atoms with E-state index in [1.165, 1.54) is 0 Å². The molecule has 0 fully saturated rings. The highest BCUT2D eigenvalue weighted by atomic mass is 32.2. The molecule has 16 heavy (non-hydrogen) atoms. The van der Waals surface area contributed by atoms with Gasteiger partial charge in [-0.25, -0.2) is 18.4 Å². The molecule has 1 heterocycles. The van der Waals surface area contributed by atoms with Gasteiger partial charge in [0.05, 0.1) is 0 Å². The molecule has 90 valence electrons. The van der Waals surface area contributed by atoms with Crippen molar-refractivity contribution in [3.05, 3.63) is 11.8 Å². The molecule has 0 unspecified atom stereocenters. The zero-order chi connectivity index (χ0) is 12.3. The molecule has 0 aliphatic carbocycles. The topological polar surface area (TPSA) is 89.2 Å². The van der Waals surface area contributed by atoms with Gasteiger partial charge in [-0.2, -0.15) is 0 Å². The van der Waals surface area contributed by atoms with E-state index in [0.717, 1.165) is 12.8 Å². The smallest absolute Gasteiger partial charge is 0.248 e. The van der Waals surface area contributed by atoms with E-state index in [0.29, 0.717) is 12.1 Å². The highest BCUT2D eigenvalue weighted by molar-refractivity contribution is 7.90. The average Bonchev–Trinajstić information content (AvgIpc) is 2.12. The van der Waals surface area contributed by atoms with Crippen LogP contribution in [0.2, 0.25) is 0 Å². The predicted octanol–water partition coefficient (Wildman–Crippen LogP) is -0.434. The lowest BCUT2D eigenvalue weighted by Gasteiger charge is -2.09. The fourth-order valence-corrected chi connectivity index (χ4v) is 1.68. The number of hydrogen-bond acceptors (Lipinski definition) is 6. The Bertz CT molecular complexity index is 470. The normalized spacial score (nSPS) is 12.0. The Morgan fingerprint density at radius 1 is 1.38 bits per heavy atom. The standard InChI is InChI=1S/C9H16N4O2S/c1-13(2)5-4-7-6-8(10)12-9(11-7)16(3,14)15/h6H,4-5H2,1-3H3,(H2,10,11,12). The minimum Gasteiger partial charge on any atom is -0.384 e. The van der Waals surface area contributed by atoms with Crippen molar-refractivity contribution in [2.75, 3.05) is 32.6 Å². The summed E-state index contributed by atoms with van der Waals surface area (Å²) in [4.78, 5) is 9.65. The third-order valence-electron chi connectivity index (χ3n) is 1.93. The van der Waals surface area contributed by atoms with Crippen molar-refractivity contribution in [2.45, 2.75) is 11.6 Å². The molecule has 2 N–H and O–H groups in total. The monoisotopic (exact) mass is 244 g/mol. The van der Waals surface area contributed by atoms with E-state index in [1.807, 2.05) is 19.0 Å². The van der Waals surface area contributed by atoms with Gasteiger partial charge in [0.1, 0.15) is 5.82 Å². The molecule has 0 saturated carbocycles. The third kappa shape index (κ3) is 3.74. The zero-order valence-electron chi connectivity index (χ0n) is 9.64. The maximum Gasteiger partial charge on any atom is 0.248 e. The number of rotatable bonds is 4. The molecule has 0 radical (unpaired) electrons. The second-order valence-corrected chi connectivity index (χ2v) is 5.80. The Morgan fingerprint density at radius 2 is 2.00 bits per heavy atom. The van der Waals surface area contributed by atoms with Crippen LogP contribution < -0.4 is 5.73 Å². The molecule has 1 aromatic heterocycles. The summed E-state index contributed by atoms with van der Waals surface area (Å²) in [7, 11) is 0.463. The SMILES string of the molecule is CN(C)CCc1cc(N)nc(S(C)(=O)=O)n1. The summed E-state index contributed by atoms with van der Waals surface area (Å²) in [6.07, 6.45) is 1.71. The minimum atomic E-state index is -3.40. The lowest BCUT2D eigenvalue weighted by atomic mass is 10.3. The molecule has 0 saturated heterocycles. The molecule has 0 amide bonds. The van der Waals surface area contributed by atoms with Crippen LogP contribution in [0.4, 0.5) is 5.82 Å². The summed E-state index contributed by atoms with van der Waals surface area (Å²) >= 11 is 0. The summed E-state index contributed by atoms with van der Waals surface area (Å²) in [5.74, 6) is 0.184. The van der Waals surface area contributed by atoms with Crippen LogP contribution in [0.15, 0.2) is 11.2 Å². The second-order valence-electron chi connectivity index (χ2n) is 3.89. The number of nitrogen functional groups attached to an aromatic ring is 1. The first-order chi connectivity index (χ1) is 7.29. The van der Waals surface area contributed by atoms with Crippen molar-refractivity contribution >= 4 is 15.7 Å². The van der Waals surface area contributed by atoms with E-state index in [9.17, 15) is 8.42 Å². The summed E-state index contributed by atoms with van der Waals surface area (Å²) < 4.78 is 22.6. The van der Waals surface area contributed by atoms with Crippen LogP contribution in [0.5, 0.6) is 0 Å². The molecule has 0 aliphatic rings. The van der Waals surface area contributed by atoms with Gasteiger partial charge in [0.15, 0.2) is 0 Å². The molecule has 0 bridgehead atoms. The Morgan fingerprint density at radius 3 is 2.50 bits per heavy atom. The number of nitrogens with two attached hydrogens (primary N) is 1. The highest BCUT2D eigenvalue weighted by Gasteiger charge is 2.13. The molecule has 6 nitrogen and oxygen atoms in total. The van der Waals surface area contributed by atoms with Crippen molar-refractivity contribution < 1.29 is 8.42 Å². The molecule has 1 aromatic rings. The van der Waals surface area contributed by atoms with E-state index < -0.39 is 9.84 Å². The number of hydrogen-bond donors (Lipinski definition) is 1. The molecule has 0 aliphatic heterocycles. The minimum absolute atomic E-state index is 0.184. The van der Waals surface area contributed by atoms with Gasteiger partial charge in [-0.05, 0) is 14.1 Å². The van der Waals surface area contributed by atoms with Crippen molar-refractivity contribution in [2.24, 2.45) is 0 Å². The van der Waals surface area contributed by atoms with Gasteiger partial charge < -0.3 is 10.6 Å². The predicted molar refractivity (Wildman–Crippen MR) is 61.8 cm³/mol. The van der Waals surface area contributed by atoms with Crippen molar-refractivity contribution in [3.8, 4) is 0 Å². The van der Waals surface area contributed by atoms with Crippen LogP contribution >= 0.6 is 0 Å². The molecule has 0 atom stereocenters. The largest absolute Gasteiger partial charge is 0.384 e. The maximum absolute atomic E-state index is 11.3. The van der Waals surface area contributed by atoms with Crippen LogP contribution in [0.3, 0.4) is 0 Å². The Labute approximate surface area is 95.4 Å². The number of likely N-dealkylation sites (N-methyl/N-ethyl adjacent to an activating group) is 1. The fourth-order valence-electron chi connectivity index (χ4n) is 1.13. The zero-order valence-corrected chi connectivity index (χ0v) is 10.5. The first kappa shape index (κ1) is 12.9. The van der Waals surface area contributed by atoms with E-state index in [-0.39, 0.29) is 11.0 Å². The van der Waals surface area contributed by atoms with Gasteiger partial charge >= 0.3 is 0 Å². The lowest BCUT2D eigenvalue weighted by Crippen LogP contribution is -2.17.